The minimum atomic E-state index is -0.776. The molecule has 2 saturated heterocycles. The van der Waals surface area contributed by atoms with Crippen LogP contribution in [0.2, 0.25) is 0 Å². The highest BCUT2D eigenvalue weighted by molar-refractivity contribution is 5.92. The number of nitrogens with zero attached hydrogens (tertiary/aromatic N) is 2. The third kappa shape index (κ3) is 4.93. The third-order valence-corrected chi connectivity index (χ3v) is 11.5. The van der Waals surface area contributed by atoms with Gasteiger partial charge in [0.25, 0.3) is 0 Å². The summed E-state index contributed by atoms with van der Waals surface area (Å²) in [7, 11) is 5.60. The Kier molecular flexibility index (Phi) is 8.64. The summed E-state index contributed by atoms with van der Waals surface area (Å²) in [4.78, 5) is 44.4. The van der Waals surface area contributed by atoms with Crippen molar-refractivity contribution in [3.8, 4) is 11.5 Å². The molecule has 0 radical (unpaired) electrons. The highest BCUT2D eigenvalue weighted by Gasteiger charge is 2.70. The van der Waals surface area contributed by atoms with E-state index in [0.29, 0.717) is 49.9 Å². The SMILES string of the molecule is CN[C@@H](CCCCN)C(=O)NC(C)C(=O)N1CCCC1C(=O)OC1=CC[C@@]2(C)[C@H]3Cc4ccc(OC)c5c4[C@@]2(CCN3C)[C@H]1O5. The maximum absolute atomic E-state index is 13.9. The zero-order chi connectivity index (χ0) is 32.1. The first kappa shape index (κ1) is 31.8. The number of methoxy groups -OCH3 is 1. The largest absolute Gasteiger partial charge is 0.493 e. The first-order chi connectivity index (χ1) is 21.6. The van der Waals surface area contributed by atoms with E-state index < -0.39 is 30.2 Å². The van der Waals surface area contributed by atoms with E-state index in [1.165, 1.54) is 11.1 Å². The van der Waals surface area contributed by atoms with Crippen LogP contribution in [0.4, 0.5) is 0 Å². The molecule has 3 aliphatic heterocycles. The summed E-state index contributed by atoms with van der Waals surface area (Å²) in [5.74, 6) is 1.02. The molecule has 2 bridgehead atoms. The Morgan fingerprint density at radius 1 is 1.22 bits per heavy atom. The van der Waals surface area contributed by atoms with Gasteiger partial charge in [-0.2, -0.15) is 0 Å². The summed E-state index contributed by atoms with van der Waals surface area (Å²) < 4.78 is 18.8. The number of amides is 2. The van der Waals surface area contributed by atoms with Gasteiger partial charge in [0.15, 0.2) is 17.6 Å². The van der Waals surface area contributed by atoms with Gasteiger partial charge in [-0.15, -0.1) is 0 Å². The van der Waals surface area contributed by atoms with E-state index in [1.807, 2.05) is 12.1 Å². The summed E-state index contributed by atoms with van der Waals surface area (Å²) in [6, 6.07) is 2.57. The molecule has 2 fully saturated rings. The van der Waals surface area contributed by atoms with Crippen LogP contribution in [0.1, 0.15) is 69.9 Å². The number of piperidine rings is 1. The van der Waals surface area contributed by atoms with E-state index >= 15 is 0 Å². The first-order valence-corrected chi connectivity index (χ1v) is 16.6. The normalized spacial score (nSPS) is 30.9. The van der Waals surface area contributed by atoms with Crippen LogP contribution in [0.25, 0.3) is 0 Å². The third-order valence-electron chi connectivity index (χ3n) is 11.5. The average molecular weight is 624 g/mol. The van der Waals surface area contributed by atoms with Crippen LogP contribution in [0.3, 0.4) is 0 Å². The van der Waals surface area contributed by atoms with E-state index in [4.69, 9.17) is 19.9 Å². The highest BCUT2D eigenvalue weighted by atomic mass is 16.6. The summed E-state index contributed by atoms with van der Waals surface area (Å²) >= 11 is 0. The number of unbranched alkanes of at least 4 members (excludes halogenated alkanes) is 1. The standard InChI is InChI=1S/C34H49N5O6/c1-20(37-30(40)22(36-3)9-6-7-16-35)31(41)39-17-8-10-23(39)32(42)44-25-13-14-33(2)26-19-21-11-12-24(43-5)28-27(21)34(33,29(25)45-28)15-18-38(26)4/h11-13,20,22-23,26,29,36H,6-10,14-19,35H2,1-5H3,(H,37,40)/t20?,22-,23?,26+,29-,33-,34-/m0/s1. The van der Waals surface area contributed by atoms with E-state index in [0.717, 1.165) is 44.4 Å². The second kappa shape index (κ2) is 12.2. The number of ether oxygens (including phenoxy) is 3. The molecule has 0 saturated carbocycles. The van der Waals surface area contributed by atoms with E-state index in [2.05, 4.69) is 35.6 Å². The Bertz CT molecular complexity index is 1380. The number of esters is 1. The summed E-state index contributed by atoms with van der Waals surface area (Å²) in [5, 5.41) is 5.88. The van der Waals surface area contributed by atoms with Gasteiger partial charge in [0.2, 0.25) is 11.8 Å². The second-order valence-corrected chi connectivity index (χ2v) is 13.7. The molecule has 5 aliphatic rings. The van der Waals surface area contributed by atoms with Crippen LogP contribution in [0, 0.1) is 5.41 Å². The Hall–Kier alpha value is -3.15. The Morgan fingerprint density at radius 2 is 2.02 bits per heavy atom. The monoisotopic (exact) mass is 623 g/mol. The molecule has 0 aromatic heterocycles. The molecule has 45 heavy (non-hydrogen) atoms. The van der Waals surface area contributed by atoms with Gasteiger partial charge in [-0.1, -0.05) is 19.4 Å². The van der Waals surface area contributed by atoms with Crippen molar-refractivity contribution >= 4 is 17.8 Å². The Balaban J connectivity index is 1.20. The first-order valence-electron chi connectivity index (χ1n) is 16.6. The van der Waals surface area contributed by atoms with E-state index in [-0.39, 0.29) is 22.6 Å². The van der Waals surface area contributed by atoms with Crippen molar-refractivity contribution in [1.82, 2.24) is 20.4 Å². The summed E-state index contributed by atoms with van der Waals surface area (Å²) in [5.41, 5.74) is 7.64. The fourth-order valence-corrected chi connectivity index (χ4v) is 9.02. The minimum absolute atomic E-state index is 0.107. The van der Waals surface area contributed by atoms with Crippen LogP contribution in [0.5, 0.6) is 11.5 Å². The van der Waals surface area contributed by atoms with Gasteiger partial charge in [-0.3, -0.25) is 9.59 Å². The van der Waals surface area contributed by atoms with Crippen LogP contribution in [0.15, 0.2) is 24.0 Å². The molecule has 11 heteroatoms. The van der Waals surface area contributed by atoms with Gasteiger partial charge in [0.1, 0.15) is 17.8 Å². The fraction of sp³-hybridized carbons (Fsp3) is 0.676. The van der Waals surface area contributed by atoms with Crippen molar-refractivity contribution < 1.29 is 28.6 Å². The lowest BCUT2D eigenvalue weighted by atomic mass is 9.45. The highest BCUT2D eigenvalue weighted by Crippen LogP contribution is 2.68. The molecule has 4 N–H and O–H groups in total. The number of allylic oxidation sites excluding steroid dienone is 1. The van der Waals surface area contributed by atoms with Gasteiger partial charge in [0, 0.05) is 23.6 Å². The number of rotatable bonds is 11. The topological polar surface area (TPSA) is 135 Å². The lowest BCUT2D eigenvalue weighted by molar-refractivity contribution is -0.154. The van der Waals surface area contributed by atoms with Crippen molar-refractivity contribution in [2.75, 3.05) is 40.8 Å². The molecular weight excluding hydrogens is 574 g/mol. The molecule has 2 unspecified atom stereocenters. The molecule has 11 nitrogen and oxygen atoms in total. The van der Waals surface area contributed by atoms with Gasteiger partial charge >= 0.3 is 5.97 Å². The number of nitrogens with two attached hydrogens (primary N) is 1. The molecule has 1 aromatic rings. The van der Waals surface area contributed by atoms with Gasteiger partial charge in [-0.05, 0) is 96.8 Å². The fourth-order valence-electron chi connectivity index (χ4n) is 9.02. The molecule has 6 rings (SSSR count). The molecule has 7 atom stereocenters. The smallest absolute Gasteiger partial charge is 0.334 e. The lowest BCUT2D eigenvalue weighted by Crippen LogP contribution is -2.69. The van der Waals surface area contributed by atoms with Crippen LogP contribution in [-0.4, -0.2) is 98.7 Å². The minimum Gasteiger partial charge on any atom is -0.493 e. The molecule has 2 amide bonds. The van der Waals surface area contributed by atoms with Crippen LogP contribution in [-0.2, 0) is 31.0 Å². The lowest BCUT2D eigenvalue weighted by Gasteiger charge is -2.63. The number of carbonyl (C=O) groups is 3. The number of likely N-dealkylation sites (tertiary alicyclic amines) is 2. The van der Waals surface area contributed by atoms with E-state index in [9.17, 15) is 14.4 Å². The van der Waals surface area contributed by atoms with Crippen molar-refractivity contribution in [3.05, 3.63) is 35.1 Å². The number of hydrogen-bond donors (Lipinski definition) is 3. The molecule has 1 aromatic carbocycles. The van der Waals surface area contributed by atoms with Gasteiger partial charge in [-0.25, -0.2) is 4.79 Å². The van der Waals surface area contributed by atoms with Crippen LogP contribution >= 0.6 is 0 Å². The van der Waals surface area contributed by atoms with E-state index in [1.54, 1.807) is 26.0 Å². The maximum atomic E-state index is 13.9. The predicted octanol–water partition coefficient (Wildman–Crippen LogP) is 2.00. The van der Waals surface area contributed by atoms with Gasteiger partial charge < -0.3 is 40.4 Å². The predicted molar refractivity (Wildman–Crippen MR) is 169 cm³/mol. The van der Waals surface area contributed by atoms with Crippen molar-refractivity contribution in [2.45, 2.75) is 101 Å². The Morgan fingerprint density at radius 3 is 2.76 bits per heavy atom. The van der Waals surface area contributed by atoms with Crippen molar-refractivity contribution in [3.63, 3.8) is 0 Å². The summed E-state index contributed by atoms with van der Waals surface area (Å²) in [6.07, 6.45) is 7.65. The average Bonchev–Trinajstić information content (AvgIpc) is 3.65. The number of likely N-dealkylation sites (N-methyl/N-ethyl adjacent to an activating group) is 2. The number of benzene rings is 1. The molecule has 3 heterocycles. The number of carbonyl (C=O) groups excluding carboxylic acids is 3. The van der Waals surface area contributed by atoms with Crippen molar-refractivity contribution in [1.29, 1.82) is 0 Å². The maximum Gasteiger partial charge on any atom is 0.334 e. The van der Waals surface area contributed by atoms with Gasteiger partial charge in [0.05, 0.1) is 18.6 Å². The molecular formula is C34H49N5O6. The quantitative estimate of drug-likeness (QED) is 0.250. The number of hydrogen-bond acceptors (Lipinski definition) is 9. The zero-order valence-electron chi connectivity index (χ0n) is 27.3. The molecule has 1 spiro atoms. The zero-order valence-corrected chi connectivity index (χ0v) is 27.3. The van der Waals surface area contributed by atoms with Crippen LogP contribution < -0.4 is 25.8 Å². The second-order valence-electron chi connectivity index (χ2n) is 13.7. The van der Waals surface area contributed by atoms with Crippen molar-refractivity contribution in [2.24, 2.45) is 11.1 Å². The molecule has 2 aliphatic carbocycles. The molecule has 246 valence electrons. The Labute approximate surface area is 266 Å². The number of nitrogens with one attached hydrogen (secondary N) is 2. The summed E-state index contributed by atoms with van der Waals surface area (Å²) in [6.45, 7) is 5.97.